The van der Waals surface area contributed by atoms with Crippen LogP contribution in [0, 0.1) is 0 Å². The van der Waals surface area contributed by atoms with Gasteiger partial charge in [0.05, 0.1) is 17.6 Å². The van der Waals surface area contributed by atoms with E-state index in [0.29, 0.717) is 0 Å². The topological polar surface area (TPSA) is 0 Å². The highest BCUT2D eigenvalue weighted by Crippen LogP contribution is 1.97. The molecule has 0 unspecified atom stereocenters. The number of hydrogen-bond donors (Lipinski definition) is 0. The van der Waals surface area contributed by atoms with Crippen molar-refractivity contribution in [3.8, 4) is 0 Å². The minimum Gasteiger partial charge on any atom is -0.155 e. The lowest BCUT2D eigenvalue weighted by Crippen LogP contribution is -2.21. The molecule has 60 valence electrons. The number of rotatable bonds is 2. The molecule has 0 aliphatic carbocycles. The van der Waals surface area contributed by atoms with Crippen molar-refractivity contribution in [2.75, 3.05) is 0 Å². The first kappa shape index (κ1) is 9.22. The summed E-state index contributed by atoms with van der Waals surface area (Å²) in [5.74, 6) is 0. The molecule has 0 aliphatic heterocycles. The summed E-state index contributed by atoms with van der Waals surface area (Å²) in [4.78, 5) is 0. The number of hydrogen-bond acceptors (Lipinski definition) is 1. The molecule has 1 heterocycles. The van der Waals surface area contributed by atoms with Crippen LogP contribution in [-0.2, 0) is 0 Å². The summed E-state index contributed by atoms with van der Waals surface area (Å²) in [6.45, 7) is 9.44. The zero-order chi connectivity index (χ0) is 8.43. The van der Waals surface area contributed by atoms with Crippen LogP contribution in [0.1, 0.15) is 0 Å². The standard InChI is InChI=1S/C8H14SSi2/c1-10(2)7-5-6-8(9-7)11(3)4/h5-6H,1-4H3. The Hall–Kier alpha value is 0.134. The molecule has 1 aromatic heterocycles. The fourth-order valence-corrected chi connectivity index (χ4v) is 4.82. The van der Waals surface area contributed by atoms with E-state index in [1.165, 1.54) is 0 Å². The summed E-state index contributed by atoms with van der Waals surface area (Å²) in [6.07, 6.45) is 0. The van der Waals surface area contributed by atoms with Crippen LogP contribution in [0.3, 0.4) is 0 Å². The van der Waals surface area contributed by atoms with Crippen molar-refractivity contribution in [2.24, 2.45) is 0 Å². The highest BCUT2D eigenvalue weighted by molar-refractivity contribution is 7.31. The quantitative estimate of drug-likeness (QED) is 0.634. The van der Waals surface area contributed by atoms with Gasteiger partial charge in [0.1, 0.15) is 0 Å². The minimum atomic E-state index is -0.190. The van der Waals surface area contributed by atoms with Crippen molar-refractivity contribution in [1.29, 1.82) is 0 Å². The molecular formula is C8H14SSi2. The van der Waals surface area contributed by atoms with Gasteiger partial charge in [-0.05, 0) is 9.00 Å². The Morgan fingerprint density at radius 1 is 0.909 bits per heavy atom. The molecule has 0 spiro atoms. The SMILES string of the molecule is C[Si](C)c1ccc([Si](C)C)s1. The molecule has 0 bridgehead atoms. The molecular weight excluding hydrogens is 184 g/mol. The van der Waals surface area contributed by atoms with Gasteiger partial charge in [0.2, 0.25) is 0 Å². The Kier molecular flexibility index (Phi) is 3.10. The average molecular weight is 198 g/mol. The van der Waals surface area contributed by atoms with Crippen LogP contribution in [0.4, 0.5) is 0 Å². The van der Waals surface area contributed by atoms with Crippen LogP contribution in [0.15, 0.2) is 12.1 Å². The van der Waals surface area contributed by atoms with E-state index in [4.69, 9.17) is 0 Å². The normalized spacial score (nSPS) is 11.5. The Bertz CT molecular complexity index is 205. The average Bonchev–Trinajstić information content (AvgIpc) is 2.33. The van der Waals surface area contributed by atoms with Gasteiger partial charge in [-0.25, -0.2) is 0 Å². The molecule has 0 fully saturated rings. The van der Waals surface area contributed by atoms with E-state index >= 15 is 0 Å². The van der Waals surface area contributed by atoms with E-state index in [2.05, 4.69) is 38.3 Å². The van der Waals surface area contributed by atoms with Crippen molar-refractivity contribution >= 4 is 37.9 Å². The van der Waals surface area contributed by atoms with Gasteiger partial charge in [0.15, 0.2) is 0 Å². The van der Waals surface area contributed by atoms with Gasteiger partial charge in [-0.2, -0.15) is 11.3 Å². The smallest absolute Gasteiger partial charge is 0.0927 e. The van der Waals surface area contributed by atoms with E-state index in [-0.39, 0.29) is 17.6 Å². The zero-order valence-electron chi connectivity index (χ0n) is 7.56. The highest BCUT2D eigenvalue weighted by atomic mass is 32.1. The summed E-state index contributed by atoms with van der Waals surface area (Å²) < 4.78 is 3.27. The molecule has 0 N–H and O–H groups in total. The molecule has 0 amide bonds. The van der Waals surface area contributed by atoms with Crippen molar-refractivity contribution in [3.05, 3.63) is 12.1 Å². The van der Waals surface area contributed by atoms with Crippen LogP contribution < -0.4 is 9.00 Å². The summed E-state index contributed by atoms with van der Waals surface area (Å²) in [6, 6.07) is 4.65. The largest absolute Gasteiger partial charge is 0.155 e. The van der Waals surface area contributed by atoms with Gasteiger partial charge in [-0.15, -0.1) is 0 Å². The molecule has 1 aromatic rings. The molecule has 0 saturated heterocycles. The minimum absolute atomic E-state index is 0.190. The number of thiophene rings is 1. The maximum atomic E-state index is 2.36. The second-order valence-corrected chi connectivity index (χ2v) is 10.0. The summed E-state index contributed by atoms with van der Waals surface area (Å²) >= 11 is 2.04. The Labute approximate surface area is 76.5 Å². The molecule has 0 atom stereocenters. The second-order valence-electron chi connectivity index (χ2n) is 3.16. The third-order valence-corrected chi connectivity index (χ3v) is 7.67. The van der Waals surface area contributed by atoms with Crippen LogP contribution in [-0.4, -0.2) is 17.6 Å². The second kappa shape index (κ2) is 3.69. The van der Waals surface area contributed by atoms with Gasteiger partial charge in [0, 0.05) is 0 Å². The summed E-state index contributed by atoms with van der Waals surface area (Å²) in [5, 5.41) is 0. The predicted octanol–water partition coefficient (Wildman–Crippen LogP) is 1.67. The molecule has 0 aromatic carbocycles. The molecule has 3 heteroatoms. The van der Waals surface area contributed by atoms with Crippen LogP contribution in [0.2, 0.25) is 26.2 Å². The molecule has 0 nitrogen and oxygen atoms in total. The van der Waals surface area contributed by atoms with Crippen LogP contribution in [0.5, 0.6) is 0 Å². The van der Waals surface area contributed by atoms with Crippen LogP contribution >= 0.6 is 11.3 Å². The van der Waals surface area contributed by atoms with E-state index in [0.717, 1.165) is 0 Å². The van der Waals surface area contributed by atoms with Crippen molar-refractivity contribution < 1.29 is 0 Å². The fraction of sp³-hybridized carbons (Fsp3) is 0.500. The Morgan fingerprint density at radius 2 is 1.27 bits per heavy atom. The van der Waals surface area contributed by atoms with Crippen molar-refractivity contribution in [1.82, 2.24) is 0 Å². The lowest BCUT2D eigenvalue weighted by atomic mass is 10.7. The maximum Gasteiger partial charge on any atom is 0.0927 e. The molecule has 0 saturated carbocycles. The van der Waals surface area contributed by atoms with E-state index in [1.807, 2.05) is 11.3 Å². The van der Waals surface area contributed by atoms with Crippen LogP contribution in [0.25, 0.3) is 0 Å². The molecule has 1 rings (SSSR count). The molecule has 2 radical (unpaired) electrons. The summed E-state index contributed by atoms with van der Waals surface area (Å²) in [7, 11) is -0.379. The maximum absolute atomic E-state index is 2.36. The third kappa shape index (κ3) is 2.28. The van der Waals surface area contributed by atoms with E-state index in [1.54, 1.807) is 9.00 Å². The highest BCUT2D eigenvalue weighted by Gasteiger charge is 2.07. The first-order valence-electron chi connectivity index (χ1n) is 3.82. The van der Waals surface area contributed by atoms with E-state index < -0.39 is 0 Å². The fourth-order valence-electron chi connectivity index (χ4n) is 0.875. The van der Waals surface area contributed by atoms with Crippen molar-refractivity contribution in [3.63, 3.8) is 0 Å². The first-order valence-corrected chi connectivity index (χ1v) is 9.64. The zero-order valence-corrected chi connectivity index (χ0v) is 10.4. The monoisotopic (exact) mass is 198 g/mol. The van der Waals surface area contributed by atoms with Gasteiger partial charge < -0.3 is 0 Å². The first-order chi connectivity index (χ1) is 5.11. The van der Waals surface area contributed by atoms with Crippen molar-refractivity contribution in [2.45, 2.75) is 26.2 Å². The van der Waals surface area contributed by atoms with Gasteiger partial charge in [0.25, 0.3) is 0 Å². The van der Waals surface area contributed by atoms with Gasteiger partial charge >= 0.3 is 0 Å². The lowest BCUT2D eigenvalue weighted by Gasteiger charge is -1.97. The predicted molar refractivity (Wildman–Crippen MR) is 58.6 cm³/mol. The van der Waals surface area contributed by atoms with E-state index in [9.17, 15) is 0 Å². The Morgan fingerprint density at radius 3 is 1.45 bits per heavy atom. The third-order valence-electron chi connectivity index (χ3n) is 1.59. The van der Waals surface area contributed by atoms with Gasteiger partial charge in [-0.1, -0.05) is 38.3 Å². The summed E-state index contributed by atoms with van der Waals surface area (Å²) in [5.41, 5.74) is 0. The molecule has 11 heavy (non-hydrogen) atoms. The van der Waals surface area contributed by atoms with Gasteiger partial charge in [-0.3, -0.25) is 0 Å². The lowest BCUT2D eigenvalue weighted by molar-refractivity contribution is 1.96. The Balaban J connectivity index is 2.82. The molecule has 0 aliphatic rings.